The van der Waals surface area contributed by atoms with Gasteiger partial charge in [-0.3, -0.25) is 4.79 Å². The molecule has 0 spiro atoms. The fourth-order valence-corrected chi connectivity index (χ4v) is 2.30. The first-order valence-corrected chi connectivity index (χ1v) is 6.24. The second kappa shape index (κ2) is 6.86. The van der Waals surface area contributed by atoms with E-state index in [4.69, 9.17) is 10.2 Å². The zero-order chi connectivity index (χ0) is 12.0. The van der Waals surface area contributed by atoms with Crippen LogP contribution < -0.4 is 5.32 Å². The van der Waals surface area contributed by atoms with Crippen LogP contribution in [0.1, 0.15) is 45.4 Å². The Labute approximate surface area is 97.0 Å². The first-order valence-electron chi connectivity index (χ1n) is 6.24. The Morgan fingerprint density at radius 1 is 1.50 bits per heavy atom. The van der Waals surface area contributed by atoms with Gasteiger partial charge in [0.25, 0.3) is 0 Å². The summed E-state index contributed by atoms with van der Waals surface area (Å²) in [6, 6.07) is 0.351. The van der Waals surface area contributed by atoms with Crippen LogP contribution in [0.2, 0.25) is 0 Å². The Bertz CT molecular complexity index is 218. The molecule has 1 saturated carbocycles. The van der Waals surface area contributed by atoms with Crippen molar-refractivity contribution in [2.24, 2.45) is 5.92 Å². The molecule has 94 valence electrons. The van der Waals surface area contributed by atoms with Gasteiger partial charge >= 0.3 is 5.97 Å². The summed E-state index contributed by atoms with van der Waals surface area (Å²) in [6.07, 6.45) is 5.18. The number of hydrogen-bond donors (Lipinski definition) is 3. The Morgan fingerprint density at radius 3 is 2.88 bits per heavy atom. The van der Waals surface area contributed by atoms with Crippen LogP contribution in [0, 0.1) is 5.92 Å². The van der Waals surface area contributed by atoms with Gasteiger partial charge in [0.2, 0.25) is 0 Å². The number of carbonyl (C=O) groups is 1. The molecule has 4 heteroatoms. The minimum Gasteiger partial charge on any atom is -0.481 e. The van der Waals surface area contributed by atoms with E-state index >= 15 is 0 Å². The van der Waals surface area contributed by atoms with E-state index in [1.165, 1.54) is 0 Å². The van der Waals surface area contributed by atoms with Gasteiger partial charge in [-0.1, -0.05) is 6.42 Å². The lowest BCUT2D eigenvalue weighted by Crippen LogP contribution is -2.37. The Morgan fingerprint density at radius 2 is 2.25 bits per heavy atom. The van der Waals surface area contributed by atoms with E-state index in [9.17, 15) is 4.79 Å². The van der Waals surface area contributed by atoms with Gasteiger partial charge in [-0.05, 0) is 45.6 Å². The van der Waals surface area contributed by atoms with Crippen LogP contribution in [-0.4, -0.2) is 34.9 Å². The molecule has 0 aromatic carbocycles. The molecule has 4 nitrogen and oxygen atoms in total. The number of nitrogens with one attached hydrogen (secondary N) is 1. The molecule has 0 aromatic rings. The largest absolute Gasteiger partial charge is 0.481 e. The Hall–Kier alpha value is -0.610. The third-order valence-electron chi connectivity index (χ3n) is 3.26. The van der Waals surface area contributed by atoms with E-state index in [2.05, 4.69) is 5.32 Å². The highest BCUT2D eigenvalue weighted by atomic mass is 16.4. The highest BCUT2D eigenvalue weighted by molar-refractivity contribution is 5.70. The quantitative estimate of drug-likeness (QED) is 0.602. The lowest BCUT2D eigenvalue weighted by atomic mass is 9.86. The number of carboxylic acid groups (broad SMARTS) is 1. The fourth-order valence-electron chi connectivity index (χ4n) is 2.30. The van der Waals surface area contributed by atoms with Gasteiger partial charge in [-0.2, -0.15) is 0 Å². The van der Waals surface area contributed by atoms with Crippen molar-refractivity contribution in [1.29, 1.82) is 0 Å². The van der Waals surface area contributed by atoms with E-state index < -0.39 is 5.97 Å². The summed E-state index contributed by atoms with van der Waals surface area (Å²) in [5.41, 5.74) is 0. The molecule has 1 fully saturated rings. The minimum atomic E-state index is -0.657. The van der Waals surface area contributed by atoms with Crippen LogP contribution in [0.4, 0.5) is 0 Å². The van der Waals surface area contributed by atoms with Gasteiger partial charge in [-0.25, -0.2) is 0 Å². The molecule has 1 aliphatic rings. The number of aliphatic hydroxyl groups excluding tert-OH is 1. The molecule has 0 saturated heterocycles. The molecule has 3 unspecified atom stereocenters. The standard InChI is InChI=1S/C12H23NO3/c1-9(14)4-3-7-13-11-6-2-5-10(8-11)12(15)16/h9-11,13-14H,2-8H2,1H3,(H,15,16). The monoisotopic (exact) mass is 229 g/mol. The molecule has 16 heavy (non-hydrogen) atoms. The molecule has 0 aliphatic heterocycles. The van der Waals surface area contributed by atoms with Gasteiger partial charge in [0.05, 0.1) is 12.0 Å². The summed E-state index contributed by atoms with van der Waals surface area (Å²) < 4.78 is 0. The zero-order valence-corrected chi connectivity index (χ0v) is 9.98. The van der Waals surface area contributed by atoms with Crippen molar-refractivity contribution in [2.75, 3.05) is 6.54 Å². The topological polar surface area (TPSA) is 69.6 Å². The highest BCUT2D eigenvalue weighted by Gasteiger charge is 2.26. The number of hydrogen-bond acceptors (Lipinski definition) is 3. The van der Waals surface area contributed by atoms with Crippen molar-refractivity contribution in [3.8, 4) is 0 Å². The maximum atomic E-state index is 10.9. The van der Waals surface area contributed by atoms with Crippen LogP contribution in [-0.2, 0) is 4.79 Å². The second-order valence-corrected chi connectivity index (χ2v) is 4.84. The molecule has 0 heterocycles. The molecular weight excluding hydrogens is 206 g/mol. The van der Waals surface area contributed by atoms with Crippen LogP contribution in [0.3, 0.4) is 0 Å². The summed E-state index contributed by atoms with van der Waals surface area (Å²) in [4.78, 5) is 10.9. The van der Waals surface area contributed by atoms with Gasteiger partial charge in [0, 0.05) is 6.04 Å². The van der Waals surface area contributed by atoms with E-state index in [0.29, 0.717) is 6.04 Å². The number of aliphatic carboxylic acids is 1. The molecule has 0 bridgehead atoms. The molecular formula is C12H23NO3. The average molecular weight is 229 g/mol. The van der Waals surface area contributed by atoms with Gasteiger partial charge < -0.3 is 15.5 Å². The van der Waals surface area contributed by atoms with E-state index in [-0.39, 0.29) is 12.0 Å². The van der Waals surface area contributed by atoms with Crippen molar-refractivity contribution in [3.63, 3.8) is 0 Å². The predicted molar refractivity (Wildman–Crippen MR) is 62.3 cm³/mol. The molecule has 3 N–H and O–H groups in total. The zero-order valence-electron chi connectivity index (χ0n) is 9.98. The van der Waals surface area contributed by atoms with Crippen molar-refractivity contribution in [1.82, 2.24) is 5.32 Å². The molecule has 0 radical (unpaired) electrons. The molecule has 3 atom stereocenters. The smallest absolute Gasteiger partial charge is 0.306 e. The molecule has 0 amide bonds. The SMILES string of the molecule is CC(O)CCCNC1CCCC(C(=O)O)C1. The fraction of sp³-hybridized carbons (Fsp3) is 0.917. The Kier molecular flexibility index (Phi) is 5.77. The van der Waals surface area contributed by atoms with E-state index in [1.54, 1.807) is 6.92 Å². The van der Waals surface area contributed by atoms with Crippen molar-refractivity contribution in [3.05, 3.63) is 0 Å². The lowest BCUT2D eigenvalue weighted by Gasteiger charge is -2.27. The van der Waals surface area contributed by atoms with Crippen LogP contribution in [0.25, 0.3) is 0 Å². The third kappa shape index (κ3) is 4.94. The van der Waals surface area contributed by atoms with Gasteiger partial charge in [0.15, 0.2) is 0 Å². The number of aliphatic hydroxyl groups is 1. The van der Waals surface area contributed by atoms with Crippen LogP contribution >= 0.6 is 0 Å². The van der Waals surface area contributed by atoms with E-state index in [0.717, 1.165) is 45.1 Å². The summed E-state index contributed by atoms with van der Waals surface area (Å²) in [5, 5.41) is 21.4. The maximum absolute atomic E-state index is 10.9. The number of carboxylic acids is 1. The first-order chi connectivity index (χ1) is 7.59. The number of rotatable bonds is 6. The first kappa shape index (κ1) is 13.5. The van der Waals surface area contributed by atoms with Gasteiger partial charge in [-0.15, -0.1) is 0 Å². The minimum absolute atomic E-state index is 0.164. The van der Waals surface area contributed by atoms with Gasteiger partial charge in [0.1, 0.15) is 0 Å². The third-order valence-corrected chi connectivity index (χ3v) is 3.26. The lowest BCUT2D eigenvalue weighted by molar-refractivity contribution is -0.143. The summed E-state index contributed by atoms with van der Waals surface area (Å²) >= 11 is 0. The Balaban J connectivity index is 2.14. The summed E-state index contributed by atoms with van der Waals surface area (Å²) in [7, 11) is 0. The van der Waals surface area contributed by atoms with E-state index in [1.807, 2.05) is 0 Å². The maximum Gasteiger partial charge on any atom is 0.306 e. The normalized spacial score (nSPS) is 27.6. The van der Waals surface area contributed by atoms with Crippen LogP contribution in [0.15, 0.2) is 0 Å². The summed E-state index contributed by atoms with van der Waals surface area (Å²) in [5.74, 6) is -0.821. The van der Waals surface area contributed by atoms with Crippen LogP contribution in [0.5, 0.6) is 0 Å². The highest BCUT2D eigenvalue weighted by Crippen LogP contribution is 2.24. The average Bonchev–Trinajstić information content (AvgIpc) is 2.24. The van der Waals surface area contributed by atoms with Crippen molar-refractivity contribution < 1.29 is 15.0 Å². The second-order valence-electron chi connectivity index (χ2n) is 4.84. The molecule has 0 aromatic heterocycles. The molecule has 1 aliphatic carbocycles. The molecule has 1 rings (SSSR count). The summed E-state index contributed by atoms with van der Waals surface area (Å²) in [6.45, 7) is 2.67. The van der Waals surface area contributed by atoms with Crippen molar-refractivity contribution >= 4 is 5.97 Å². The predicted octanol–water partition coefficient (Wildman–Crippen LogP) is 1.38. The van der Waals surface area contributed by atoms with Crippen molar-refractivity contribution in [2.45, 2.75) is 57.6 Å².